The normalized spacial score (nSPS) is 24.3. The van der Waals surface area contributed by atoms with Crippen molar-refractivity contribution in [2.75, 3.05) is 5.32 Å². The number of rotatable bonds is 6. The molecule has 1 heterocycles. The van der Waals surface area contributed by atoms with E-state index in [4.69, 9.17) is 5.73 Å². The number of carbonyl (C=O) groups excluding carboxylic acids is 2. The first kappa shape index (κ1) is 19.6. The lowest BCUT2D eigenvalue weighted by Crippen LogP contribution is -2.35. The second-order valence-electron chi connectivity index (χ2n) is 7.45. The van der Waals surface area contributed by atoms with Crippen LogP contribution in [-0.4, -0.2) is 22.9 Å². The van der Waals surface area contributed by atoms with Crippen molar-refractivity contribution in [3.8, 4) is 0 Å². The van der Waals surface area contributed by atoms with Crippen LogP contribution in [0.5, 0.6) is 0 Å². The zero-order valence-corrected chi connectivity index (χ0v) is 16.3. The predicted octanol–water partition coefficient (Wildman–Crippen LogP) is 3.36. The summed E-state index contributed by atoms with van der Waals surface area (Å²) in [7, 11) is 0. The SMILES string of the molecule is CCC[C@H]1CCc2c(sc(NC(=O)[C@@H]3CC=CC[C@@H]3C(=O)O)c2C(N)=O)C1. The molecule has 3 atom stereocenters. The average molecular weight is 391 g/mol. The van der Waals surface area contributed by atoms with E-state index in [0.717, 1.165) is 42.5 Å². The van der Waals surface area contributed by atoms with Gasteiger partial charge in [-0.2, -0.15) is 0 Å². The van der Waals surface area contributed by atoms with E-state index in [1.807, 2.05) is 6.08 Å². The summed E-state index contributed by atoms with van der Waals surface area (Å²) in [6.45, 7) is 2.17. The van der Waals surface area contributed by atoms with Gasteiger partial charge in [0.05, 0.1) is 17.4 Å². The number of allylic oxidation sites excluding steroid dienone is 2. The molecule has 0 spiro atoms. The fourth-order valence-corrected chi connectivity index (χ4v) is 5.61. The van der Waals surface area contributed by atoms with E-state index in [0.29, 0.717) is 29.3 Å². The lowest BCUT2D eigenvalue weighted by atomic mass is 9.82. The Bertz CT molecular complexity index is 783. The molecule has 0 radical (unpaired) electrons. The van der Waals surface area contributed by atoms with Gasteiger partial charge in [0.15, 0.2) is 0 Å². The number of amides is 2. The van der Waals surface area contributed by atoms with E-state index in [9.17, 15) is 19.5 Å². The minimum absolute atomic E-state index is 0.343. The van der Waals surface area contributed by atoms with Gasteiger partial charge in [-0.1, -0.05) is 31.9 Å². The van der Waals surface area contributed by atoms with Crippen molar-refractivity contribution in [3.63, 3.8) is 0 Å². The summed E-state index contributed by atoms with van der Waals surface area (Å²) in [5.41, 5.74) is 7.00. The van der Waals surface area contributed by atoms with Gasteiger partial charge in [-0.25, -0.2) is 0 Å². The molecule has 4 N–H and O–H groups in total. The van der Waals surface area contributed by atoms with Crippen LogP contribution < -0.4 is 11.1 Å². The maximum absolute atomic E-state index is 12.8. The molecule has 3 rings (SSSR count). The molecule has 1 aromatic heterocycles. The van der Waals surface area contributed by atoms with Gasteiger partial charge in [0.25, 0.3) is 5.91 Å². The molecule has 146 valence electrons. The highest BCUT2D eigenvalue weighted by Crippen LogP contribution is 2.41. The number of carboxylic acid groups (broad SMARTS) is 1. The van der Waals surface area contributed by atoms with Crippen LogP contribution in [-0.2, 0) is 22.4 Å². The molecule has 7 heteroatoms. The lowest BCUT2D eigenvalue weighted by Gasteiger charge is -2.24. The Balaban J connectivity index is 1.84. The van der Waals surface area contributed by atoms with Crippen LogP contribution in [0.3, 0.4) is 0 Å². The number of fused-ring (bicyclic) bond motifs is 1. The van der Waals surface area contributed by atoms with E-state index >= 15 is 0 Å². The molecule has 1 aromatic rings. The second-order valence-corrected chi connectivity index (χ2v) is 8.56. The maximum atomic E-state index is 12.8. The van der Waals surface area contributed by atoms with Gasteiger partial charge in [-0.15, -0.1) is 11.3 Å². The number of anilines is 1. The number of aliphatic carboxylic acids is 1. The fraction of sp³-hybridized carbons (Fsp3) is 0.550. The zero-order valence-electron chi connectivity index (χ0n) is 15.5. The summed E-state index contributed by atoms with van der Waals surface area (Å²) in [5, 5.41) is 12.7. The van der Waals surface area contributed by atoms with Crippen LogP contribution in [0.4, 0.5) is 5.00 Å². The van der Waals surface area contributed by atoms with E-state index in [1.165, 1.54) is 11.3 Å². The largest absolute Gasteiger partial charge is 0.481 e. The molecular formula is C20H26N2O4S. The minimum Gasteiger partial charge on any atom is -0.481 e. The van der Waals surface area contributed by atoms with Crippen molar-refractivity contribution in [1.82, 2.24) is 0 Å². The Hall–Kier alpha value is -2.15. The molecule has 2 aliphatic carbocycles. The third kappa shape index (κ3) is 4.08. The number of carbonyl (C=O) groups is 3. The minimum atomic E-state index is -0.970. The summed E-state index contributed by atoms with van der Waals surface area (Å²) < 4.78 is 0. The molecule has 6 nitrogen and oxygen atoms in total. The van der Waals surface area contributed by atoms with Crippen molar-refractivity contribution in [2.45, 2.75) is 51.9 Å². The summed E-state index contributed by atoms with van der Waals surface area (Å²) in [6.07, 6.45) is 9.39. The Labute approximate surface area is 162 Å². The first-order chi connectivity index (χ1) is 12.9. The van der Waals surface area contributed by atoms with Gasteiger partial charge in [0, 0.05) is 4.88 Å². The number of hydrogen-bond acceptors (Lipinski definition) is 4. The predicted molar refractivity (Wildman–Crippen MR) is 105 cm³/mol. The van der Waals surface area contributed by atoms with Gasteiger partial charge in [0.2, 0.25) is 5.91 Å². The highest BCUT2D eigenvalue weighted by molar-refractivity contribution is 7.17. The number of nitrogens with two attached hydrogens (primary N) is 1. The molecule has 0 aromatic carbocycles. The topological polar surface area (TPSA) is 109 Å². The Morgan fingerprint density at radius 3 is 2.59 bits per heavy atom. The summed E-state index contributed by atoms with van der Waals surface area (Å²) in [6, 6.07) is 0. The molecule has 0 bridgehead atoms. The van der Waals surface area contributed by atoms with Gasteiger partial charge in [-0.05, 0) is 43.6 Å². The van der Waals surface area contributed by atoms with E-state index < -0.39 is 23.7 Å². The number of thiophene rings is 1. The van der Waals surface area contributed by atoms with Crippen LogP contribution >= 0.6 is 11.3 Å². The van der Waals surface area contributed by atoms with Crippen LogP contribution in [0.25, 0.3) is 0 Å². The van der Waals surface area contributed by atoms with Gasteiger partial charge >= 0.3 is 5.97 Å². The molecule has 0 fully saturated rings. The Morgan fingerprint density at radius 2 is 1.96 bits per heavy atom. The van der Waals surface area contributed by atoms with Crippen molar-refractivity contribution >= 4 is 34.1 Å². The van der Waals surface area contributed by atoms with Crippen molar-refractivity contribution in [1.29, 1.82) is 0 Å². The number of nitrogens with one attached hydrogen (secondary N) is 1. The summed E-state index contributed by atoms with van der Waals surface area (Å²) in [4.78, 5) is 37.4. The van der Waals surface area contributed by atoms with Crippen molar-refractivity contribution < 1.29 is 19.5 Å². The van der Waals surface area contributed by atoms with Crippen molar-refractivity contribution in [3.05, 3.63) is 28.2 Å². The smallest absolute Gasteiger partial charge is 0.307 e. The molecule has 0 saturated carbocycles. The molecule has 0 aliphatic heterocycles. The fourth-order valence-electron chi connectivity index (χ4n) is 4.24. The highest BCUT2D eigenvalue weighted by Gasteiger charge is 2.35. The zero-order chi connectivity index (χ0) is 19.6. The van der Waals surface area contributed by atoms with Crippen molar-refractivity contribution in [2.24, 2.45) is 23.5 Å². The van der Waals surface area contributed by atoms with Crippen LogP contribution in [0.2, 0.25) is 0 Å². The third-order valence-corrected chi connectivity index (χ3v) is 6.80. The molecule has 2 amide bonds. The average Bonchev–Trinajstić information content (AvgIpc) is 2.99. The maximum Gasteiger partial charge on any atom is 0.307 e. The van der Waals surface area contributed by atoms with Gasteiger partial charge in [0.1, 0.15) is 5.00 Å². The highest BCUT2D eigenvalue weighted by atomic mass is 32.1. The van der Waals surface area contributed by atoms with Crippen LogP contribution in [0.15, 0.2) is 12.2 Å². The summed E-state index contributed by atoms with van der Waals surface area (Å²) >= 11 is 1.42. The van der Waals surface area contributed by atoms with Crippen LogP contribution in [0, 0.1) is 17.8 Å². The monoisotopic (exact) mass is 390 g/mol. The second kappa shape index (κ2) is 8.25. The first-order valence-corrected chi connectivity index (χ1v) is 10.4. The third-order valence-electron chi connectivity index (χ3n) is 5.63. The Morgan fingerprint density at radius 1 is 1.26 bits per heavy atom. The molecule has 0 unspecified atom stereocenters. The number of hydrogen-bond donors (Lipinski definition) is 3. The molecule has 0 saturated heterocycles. The molecular weight excluding hydrogens is 364 g/mol. The van der Waals surface area contributed by atoms with E-state index in [2.05, 4.69) is 12.2 Å². The van der Waals surface area contributed by atoms with Gasteiger partial charge in [-0.3, -0.25) is 14.4 Å². The summed E-state index contributed by atoms with van der Waals surface area (Å²) in [5.74, 6) is -2.63. The van der Waals surface area contributed by atoms with E-state index in [1.54, 1.807) is 6.08 Å². The first-order valence-electron chi connectivity index (χ1n) is 9.55. The Kier molecular flexibility index (Phi) is 5.99. The van der Waals surface area contributed by atoms with Crippen LogP contribution in [0.1, 0.15) is 59.8 Å². The molecule has 27 heavy (non-hydrogen) atoms. The van der Waals surface area contributed by atoms with E-state index in [-0.39, 0.29) is 5.91 Å². The number of carboxylic acids is 1. The lowest BCUT2D eigenvalue weighted by molar-refractivity contribution is -0.146. The number of primary amides is 1. The van der Waals surface area contributed by atoms with Gasteiger partial charge < -0.3 is 16.2 Å². The standard InChI is InChI=1S/C20H26N2O4S/c1-2-5-11-8-9-14-15(10-11)27-19(16(14)17(21)23)22-18(24)12-6-3-4-7-13(12)20(25)26/h3-4,11-13H,2,5-10H2,1H3,(H2,21,23)(H,22,24)(H,25,26)/t11-,12+,13-/m0/s1. The molecule has 2 aliphatic rings. The quantitative estimate of drug-likeness (QED) is 0.647.